The van der Waals surface area contributed by atoms with Gasteiger partial charge in [-0.05, 0) is 5.41 Å². The molecule has 2 N–H and O–H groups in total. The SMILES string of the molecule is CC(C)(C)[C@H](N)CN1CCOCC1. The number of hydrogen-bond donors (Lipinski definition) is 1. The normalized spacial score (nSPS) is 23.1. The Labute approximate surface area is 81.2 Å². The van der Waals surface area contributed by atoms with Crippen molar-refractivity contribution in [2.45, 2.75) is 26.8 Å². The first-order chi connectivity index (χ1) is 6.00. The Kier molecular flexibility index (Phi) is 3.71. The lowest BCUT2D eigenvalue weighted by Crippen LogP contribution is -2.48. The molecule has 0 aromatic rings. The van der Waals surface area contributed by atoms with Crippen molar-refractivity contribution in [3.63, 3.8) is 0 Å². The fourth-order valence-electron chi connectivity index (χ4n) is 1.34. The van der Waals surface area contributed by atoms with E-state index < -0.39 is 0 Å². The maximum Gasteiger partial charge on any atom is 0.0594 e. The summed E-state index contributed by atoms with van der Waals surface area (Å²) in [6.07, 6.45) is 0. The van der Waals surface area contributed by atoms with Crippen LogP contribution in [0.2, 0.25) is 0 Å². The summed E-state index contributed by atoms with van der Waals surface area (Å²) in [4.78, 5) is 2.39. The lowest BCUT2D eigenvalue weighted by Gasteiger charge is -2.34. The molecule has 0 aromatic heterocycles. The van der Waals surface area contributed by atoms with E-state index in [0.717, 1.165) is 32.8 Å². The fraction of sp³-hybridized carbons (Fsp3) is 1.00. The van der Waals surface area contributed by atoms with Crippen LogP contribution in [0.15, 0.2) is 0 Å². The zero-order valence-corrected chi connectivity index (χ0v) is 9.05. The number of ether oxygens (including phenoxy) is 1. The molecule has 13 heavy (non-hydrogen) atoms. The molecule has 1 atom stereocenters. The minimum atomic E-state index is 0.207. The van der Waals surface area contributed by atoms with Crippen LogP contribution in [0.1, 0.15) is 20.8 Å². The highest BCUT2D eigenvalue weighted by Crippen LogP contribution is 2.18. The lowest BCUT2D eigenvalue weighted by molar-refractivity contribution is 0.0296. The molecule has 0 saturated carbocycles. The smallest absolute Gasteiger partial charge is 0.0594 e. The molecule has 1 aliphatic heterocycles. The molecule has 1 aliphatic rings. The number of hydrogen-bond acceptors (Lipinski definition) is 3. The van der Waals surface area contributed by atoms with E-state index in [4.69, 9.17) is 10.5 Å². The quantitative estimate of drug-likeness (QED) is 0.689. The van der Waals surface area contributed by atoms with Crippen LogP contribution in [-0.4, -0.2) is 43.8 Å². The molecule has 0 unspecified atom stereocenters. The van der Waals surface area contributed by atoms with Gasteiger partial charge in [-0.25, -0.2) is 0 Å². The number of nitrogens with two attached hydrogens (primary N) is 1. The number of morpholine rings is 1. The van der Waals surface area contributed by atoms with Gasteiger partial charge in [0, 0.05) is 25.7 Å². The van der Waals surface area contributed by atoms with E-state index in [1.165, 1.54) is 0 Å². The van der Waals surface area contributed by atoms with Crippen molar-refractivity contribution in [2.24, 2.45) is 11.1 Å². The summed E-state index contributed by atoms with van der Waals surface area (Å²) in [5, 5.41) is 0. The van der Waals surface area contributed by atoms with Crippen LogP contribution in [0.4, 0.5) is 0 Å². The Balaban J connectivity index is 2.30. The van der Waals surface area contributed by atoms with Crippen LogP contribution in [0, 0.1) is 5.41 Å². The standard InChI is InChI=1S/C10H22N2O/c1-10(2,3)9(11)8-12-4-6-13-7-5-12/h9H,4-8,11H2,1-3H3/t9-/m1/s1. The van der Waals surface area contributed by atoms with Gasteiger partial charge in [0.25, 0.3) is 0 Å². The second kappa shape index (κ2) is 4.40. The third kappa shape index (κ3) is 3.63. The van der Waals surface area contributed by atoms with E-state index >= 15 is 0 Å². The van der Waals surface area contributed by atoms with E-state index in [0.29, 0.717) is 0 Å². The van der Waals surface area contributed by atoms with Crippen molar-refractivity contribution >= 4 is 0 Å². The van der Waals surface area contributed by atoms with Crippen LogP contribution in [-0.2, 0) is 4.74 Å². The van der Waals surface area contributed by atoms with Crippen LogP contribution in [0.5, 0.6) is 0 Å². The van der Waals surface area contributed by atoms with Crippen LogP contribution in [0.3, 0.4) is 0 Å². The number of rotatable bonds is 2. The summed E-state index contributed by atoms with van der Waals surface area (Å²) in [6, 6.07) is 0.255. The summed E-state index contributed by atoms with van der Waals surface area (Å²) in [6.45, 7) is 11.3. The van der Waals surface area contributed by atoms with Crippen LogP contribution < -0.4 is 5.73 Å². The summed E-state index contributed by atoms with van der Waals surface area (Å²) in [5.74, 6) is 0. The fourth-order valence-corrected chi connectivity index (χ4v) is 1.34. The predicted molar refractivity (Wildman–Crippen MR) is 54.7 cm³/mol. The molecule has 3 nitrogen and oxygen atoms in total. The summed E-state index contributed by atoms with van der Waals surface area (Å²) >= 11 is 0. The Morgan fingerprint density at radius 3 is 2.31 bits per heavy atom. The zero-order chi connectivity index (χ0) is 9.90. The van der Waals surface area contributed by atoms with Crippen molar-refractivity contribution in [2.75, 3.05) is 32.8 Å². The highest BCUT2D eigenvalue weighted by atomic mass is 16.5. The molecule has 1 heterocycles. The van der Waals surface area contributed by atoms with E-state index in [1.807, 2.05) is 0 Å². The molecular formula is C10H22N2O. The first kappa shape index (κ1) is 11.0. The third-order valence-corrected chi connectivity index (χ3v) is 2.67. The van der Waals surface area contributed by atoms with Gasteiger partial charge in [-0.2, -0.15) is 0 Å². The van der Waals surface area contributed by atoms with Gasteiger partial charge < -0.3 is 10.5 Å². The molecule has 1 fully saturated rings. The lowest BCUT2D eigenvalue weighted by atomic mass is 9.87. The third-order valence-electron chi connectivity index (χ3n) is 2.67. The Morgan fingerprint density at radius 1 is 1.31 bits per heavy atom. The average Bonchev–Trinajstić information content (AvgIpc) is 2.04. The second-order valence-corrected chi connectivity index (χ2v) is 4.89. The molecule has 78 valence electrons. The van der Waals surface area contributed by atoms with Gasteiger partial charge in [0.2, 0.25) is 0 Å². The molecule has 0 amide bonds. The van der Waals surface area contributed by atoms with Crippen molar-refractivity contribution in [3.8, 4) is 0 Å². The van der Waals surface area contributed by atoms with Gasteiger partial charge in [-0.3, -0.25) is 4.90 Å². The van der Waals surface area contributed by atoms with Gasteiger partial charge in [0.05, 0.1) is 13.2 Å². The summed E-state index contributed by atoms with van der Waals surface area (Å²) < 4.78 is 5.28. The van der Waals surface area contributed by atoms with Crippen LogP contribution in [0.25, 0.3) is 0 Å². The van der Waals surface area contributed by atoms with Gasteiger partial charge in [0.15, 0.2) is 0 Å². The van der Waals surface area contributed by atoms with Gasteiger partial charge in [-0.15, -0.1) is 0 Å². The topological polar surface area (TPSA) is 38.5 Å². The molecule has 0 aromatic carbocycles. The molecular weight excluding hydrogens is 164 g/mol. The molecule has 0 spiro atoms. The molecule has 0 radical (unpaired) electrons. The predicted octanol–water partition coefficient (Wildman–Crippen LogP) is 0.692. The Hall–Kier alpha value is -0.120. The first-order valence-corrected chi connectivity index (χ1v) is 5.06. The van der Waals surface area contributed by atoms with E-state index in [1.54, 1.807) is 0 Å². The highest BCUT2D eigenvalue weighted by molar-refractivity contribution is 4.80. The van der Waals surface area contributed by atoms with E-state index in [2.05, 4.69) is 25.7 Å². The molecule has 0 aliphatic carbocycles. The van der Waals surface area contributed by atoms with Crippen molar-refractivity contribution in [3.05, 3.63) is 0 Å². The number of nitrogens with zero attached hydrogens (tertiary/aromatic N) is 1. The summed E-state index contributed by atoms with van der Waals surface area (Å²) in [5.41, 5.74) is 6.31. The maximum atomic E-state index is 6.10. The van der Waals surface area contributed by atoms with Crippen LogP contribution >= 0.6 is 0 Å². The largest absolute Gasteiger partial charge is 0.379 e. The average molecular weight is 186 g/mol. The Bertz CT molecular complexity index is 147. The zero-order valence-electron chi connectivity index (χ0n) is 9.05. The molecule has 1 saturated heterocycles. The van der Waals surface area contributed by atoms with Crippen molar-refractivity contribution in [1.82, 2.24) is 4.90 Å². The van der Waals surface area contributed by atoms with Crippen molar-refractivity contribution < 1.29 is 4.74 Å². The molecule has 0 bridgehead atoms. The van der Waals surface area contributed by atoms with Gasteiger partial charge in [-0.1, -0.05) is 20.8 Å². The molecule has 1 rings (SSSR count). The van der Waals surface area contributed by atoms with Crippen molar-refractivity contribution in [1.29, 1.82) is 0 Å². The van der Waals surface area contributed by atoms with E-state index in [9.17, 15) is 0 Å². The Morgan fingerprint density at radius 2 is 1.85 bits per heavy atom. The second-order valence-electron chi connectivity index (χ2n) is 4.89. The maximum absolute atomic E-state index is 6.10. The van der Waals surface area contributed by atoms with Gasteiger partial charge in [0.1, 0.15) is 0 Å². The minimum Gasteiger partial charge on any atom is -0.379 e. The molecule has 3 heteroatoms. The highest BCUT2D eigenvalue weighted by Gasteiger charge is 2.23. The van der Waals surface area contributed by atoms with Gasteiger partial charge >= 0.3 is 0 Å². The first-order valence-electron chi connectivity index (χ1n) is 5.06. The summed E-state index contributed by atoms with van der Waals surface area (Å²) in [7, 11) is 0. The monoisotopic (exact) mass is 186 g/mol. The minimum absolute atomic E-state index is 0.207. The van der Waals surface area contributed by atoms with E-state index in [-0.39, 0.29) is 11.5 Å².